The van der Waals surface area contributed by atoms with Gasteiger partial charge in [-0.2, -0.15) is 0 Å². The number of nitrogens with one attached hydrogen (secondary N) is 1. The van der Waals surface area contributed by atoms with E-state index >= 15 is 0 Å². The first-order valence-corrected chi connectivity index (χ1v) is 12.0. The second kappa shape index (κ2) is 9.60. The highest BCUT2D eigenvalue weighted by atomic mass is 32.1. The largest absolute Gasteiger partial charge is 0.466 e. The minimum Gasteiger partial charge on any atom is -0.466 e. The second-order valence-electron chi connectivity index (χ2n) is 9.02. The average Bonchev–Trinajstić information content (AvgIpc) is 3.42. The maximum Gasteiger partial charge on any atom is 0.337 e. The van der Waals surface area contributed by atoms with Gasteiger partial charge >= 0.3 is 11.9 Å². The van der Waals surface area contributed by atoms with Gasteiger partial charge in [0, 0.05) is 48.2 Å². The van der Waals surface area contributed by atoms with Gasteiger partial charge in [0.05, 0.1) is 30.7 Å². The quantitative estimate of drug-likeness (QED) is 0.477. The number of carbonyl (C=O) groups excluding carboxylic acids is 2. The zero-order valence-corrected chi connectivity index (χ0v) is 20.7. The Labute approximate surface area is 203 Å². The van der Waals surface area contributed by atoms with Crippen molar-refractivity contribution in [3.05, 3.63) is 69.0 Å². The van der Waals surface area contributed by atoms with Crippen molar-refractivity contribution in [3.63, 3.8) is 0 Å². The third kappa shape index (κ3) is 4.85. The summed E-state index contributed by atoms with van der Waals surface area (Å²) in [7, 11) is 1.33. The fraction of sp³-hybridized carbons (Fsp3) is 0.400. The Bertz CT molecular complexity index is 1160. The van der Waals surface area contributed by atoms with Crippen molar-refractivity contribution in [1.82, 2.24) is 15.2 Å². The van der Waals surface area contributed by atoms with Gasteiger partial charge in [-0.25, -0.2) is 14.6 Å². The molecular formula is C25H30N4O4S. The number of carbonyl (C=O) groups is 2. The number of ether oxygens (including phenoxy) is 2. The number of dihydropyridines is 1. The smallest absolute Gasteiger partial charge is 0.337 e. The third-order valence-electron chi connectivity index (χ3n) is 6.33. The molecule has 1 saturated heterocycles. The summed E-state index contributed by atoms with van der Waals surface area (Å²) < 4.78 is 11.2. The number of hydrogen-bond acceptors (Lipinski definition) is 9. The highest BCUT2D eigenvalue weighted by Gasteiger charge is 2.42. The van der Waals surface area contributed by atoms with Crippen molar-refractivity contribution >= 4 is 29.0 Å². The lowest BCUT2D eigenvalue weighted by atomic mass is 9.80. The van der Waals surface area contributed by atoms with Gasteiger partial charge in [0.1, 0.15) is 10.6 Å². The Morgan fingerprint density at radius 1 is 1.26 bits per heavy atom. The summed E-state index contributed by atoms with van der Waals surface area (Å²) in [6.07, 6.45) is 2.51. The molecular weight excluding hydrogens is 452 g/mol. The van der Waals surface area contributed by atoms with Crippen molar-refractivity contribution in [3.8, 4) is 0 Å². The van der Waals surface area contributed by atoms with Crippen LogP contribution in [0.4, 0.5) is 5.69 Å². The van der Waals surface area contributed by atoms with Crippen LogP contribution < -0.4 is 11.1 Å². The minimum absolute atomic E-state index is 0.368. The molecule has 0 amide bonds. The highest BCUT2D eigenvalue weighted by molar-refractivity contribution is 7.09. The van der Waals surface area contributed by atoms with Crippen LogP contribution in [0.25, 0.3) is 0 Å². The van der Waals surface area contributed by atoms with Crippen molar-refractivity contribution in [1.29, 1.82) is 0 Å². The lowest BCUT2D eigenvalue weighted by Gasteiger charge is -2.33. The molecule has 1 aromatic carbocycles. The van der Waals surface area contributed by atoms with E-state index in [-0.39, 0.29) is 0 Å². The van der Waals surface area contributed by atoms with Gasteiger partial charge < -0.3 is 20.5 Å². The molecule has 0 bridgehead atoms. The number of nitrogens with two attached hydrogens (primary N) is 1. The summed E-state index contributed by atoms with van der Waals surface area (Å²) in [5.74, 6) is -1.61. The predicted molar refractivity (Wildman–Crippen MR) is 131 cm³/mol. The number of benzene rings is 1. The van der Waals surface area contributed by atoms with E-state index in [1.165, 1.54) is 7.11 Å². The predicted octanol–water partition coefficient (Wildman–Crippen LogP) is 3.34. The number of anilines is 1. The normalized spacial score (nSPS) is 23.1. The molecule has 2 aliphatic heterocycles. The SMILES string of the molecule is COC(=O)C1=C(C)NC(C)=C(C(=O)OC2(C)CCN(Cc3nccs3)C2)C1c1cccc(N)c1. The van der Waals surface area contributed by atoms with Gasteiger partial charge in [0.25, 0.3) is 0 Å². The number of nitrogens with zero attached hydrogens (tertiary/aromatic N) is 2. The van der Waals surface area contributed by atoms with Crippen LogP contribution in [-0.2, 0) is 25.6 Å². The standard InChI is InChI=1S/C25H30N4O4S/c1-15-20(23(30)32-4)22(17-6-5-7-18(26)12-17)21(16(2)28-15)24(31)33-25(3)8-10-29(14-25)13-19-27-9-11-34-19/h5-7,9,11-12,22,28H,8,10,13-14,26H2,1-4H3. The molecule has 34 heavy (non-hydrogen) atoms. The van der Waals surface area contributed by atoms with Gasteiger partial charge in [-0.3, -0.25) is 4.90 Å². The van der Waals surface area contributed by atoms with Crippen molar-refractivity contribution < 1.29 is 19.1 Å². The highest BCUT2D eigenvalue weighted by Crippen LogP contribution is 2.40. The lowest BCUT2D eigenvalue weighted by Crippen LogP contribution is -2.38. The number of allylic oxidation sites excluding steroid dienone is 2. The number of rotatable bonds is 6. The van der Waals surface area contributed by atoms with Crippen LogP contribution in [0.3, 0.4) is 0 Å². The molecule has 8 nitrogen and oxygen atoms in total. The molecule has 1 aromatic heterocycles. The van der Waals surface area contributed by atoms with E-state index in [1.54, 1.807) is 36.6 Å². The van der Waals surface area contributed by atoms with E-state index in [1.807, 2.05) is 31.4 Å². The first-order valence-electron chi connectivity index (χ1n) is 11.2. The first kappa shape index (κ1) is 24.0. The lowest BCUT2D eigenvalue weighted by molar-refractivity contribution is -0.152. The maximum absolute atomic E-state index is 13.7. The van der Waals surface area contributed by atoms with Gasteiger partial charge in [0.2, 0.25) is 0 Å². The molecule has 2 aliphatic rings. The topological polar surface area (TPSA) is 107 Å². The Balaban J connectivity index is 1.62. The van der Waals surface area contributed by atoms with E-state index in [0.29, 0.717) is 41.2 Å². The fourth-order valence-electron chi connectivity index (χ4n) is 4.76. The number of nitrogen functional groups attached to an aromatic ring is 1. The van der Waals surface area contributed by atoms with E-state index in [2.05, 4.69) is 15.2 Å². The minimum atomic E-state index is -0.652. The summed E-state index contributed by atoms with van der Waals surface area (Å²) in [5, 5.41) is 6.17. The third-order valence-corrected chi connectivity index (χ3v) is 7.09. The monoisotopic (exact) mass is 482 g/mol. The number of esters is 2. The number of thiazole rings is 1. The van der Waals surface area contributed by atoms with Crippen LogP contribution in [-0.4, -0.2) is 47.6 Å². The van der Waals surface area contributed by atoms with Crippen LogP contribution in [0.1, 0.15) is 43.7 Å². The maximum atomic E-state index is 13.7. The Morgan fingerprint density at radius 3 is 2.65 bits per heavy atom. The summed E-state index contributed by atoms with van der Waals surface area (Å²) in [6.45, 7) is 7.72. The number of likely N-dealkylation sites (tertiary alicyclic amines) is 1. The zero-order valence-electron chi connectivity index (χ0n) is 19.9. The number of aromatic nitrogens is 1. The van der Waals surface area contributed by atoms with E-state index in [0.717, 1.165) is 23.7 Å². The van der Waals surface area contributed by atoms with Crippen molar-refractivity contribution in [2.45, 2.75) is 45.3 Å². The van der Waals surface area contributed by atoms with Crippen LogP contribution >= 0.6 is 11.3 Å². The van der Waals surface area contributed by atoms with E-state index in [9.17, 15) is 9.59 Å². The van der Waals surface area contributed by atoms with E-state index in [4.69, 9.17) is 15.2 Å². The molecule has 2 unspecified atom stereocenters. The summed E-state index contributed by atoms with van der Waals surface area (Å²) in [5.41, 5.74) is 8.70. The molecule has 9 heteroatoms. The zero-order chi connectivity index (χ0) is 24.5. The number of hydrogen-bond donors (Lipinski definition) is 2. The molecule has 2 atom stereocenters. The van der Waals surface area contributed by atoms with Gasteiger partial charge in [-0.1, -0.05) is 12.1 Å². The number of methoxy groups -OCH3 is 1. The average molecular weight is 483 g/mol. The first-order chi connectivity index (χ1) is 16.2. The van der Waals surface area contributed by atoms with Gasteiger partial charge in [-0.05, 0) is 38.5 Å². The Morgan fingerprint density at radius 2 is 2.00 bits per heavy atom. The van der Waals surface area contributed by atoms with Crippen LogP contribution in [0.15, 0.2) is 58.4 Å². The fourth-order valence-corrected chi connectivity index (χ4v) is 5.42. The molecule has 0 spiro atoms. The van der Waals surface area contributed by atoms with E-state index < -0.39 is 23.5 Å². The van der Waals surface area contributed by atoms with Crippen LogP contribution in [0.2, 0.25) is 0 Å². The summed E-state index contributed by atoms with van der Waals surface area (Å²) in [4.78, 5) is 33.1. The molecule has 2 aromatic rings. The Hall–Kier alpha value is -3.17. The molecule has 0 radical (unpaired) electrons. The van der Waals surface area contributed by atoms with Crippen molar-refractivity contribution in [2.75, 3.05) is 25.9 Å². The van der Waals surface area contributed by atoms with Gasteiger partial charge in [-0.15, -0.1) is 11.3 Å². The molecule has 0 aliphatic carbocycles. The second-order valence-corrected chi connectivity index (χ2v) is 10.0. The molecule has 180 valence electrons. The van der Waals surface area contributed by atoms with Crippen LogP contribution in [0.5, 0.6) is 0 Å². The Kier molecular flexibility index (Phi) is 6.77. The molecule has 0 saturated carbocycles. The summed E-state index contributed by atoms with van der Waals surface area (Å²) in [6, 6.07) is 7.21. The summed E-state index contributed by atoms with van der Waals surface area (Å²) >= 11 is 1.62. The van der Waals surface area contributed by atoms with Crippen LogP contribution in [0, 0.1) is 0 Å². The molecule has 3 N–H and O–H groups in total. The molecule has 3 heterocycles. The van der Waals surface area contributed by atoms with Gasteiger partial charge in [0.15, 0.2) is 0 Å². The van der Waals surface area contributed by atoms with Crippen molar-refractivity contribution in [2.24, 2.45) is 0 Å². The molecule has 4 rings (SSSR count). The molecule has 1 fully saturated rings.